The zero-order chi connectivity index (χ0) is 12.1. The van der Waals surface area contributed by atoms with Gasteiger partial charge < -0.3 is 5.11 Å². The Hall–Kier alpha value is -0.890. The molecule has 0 bridgehead atoms. The van der Waals surface area contributed by atoms with Gasteiger partial charge in [-0.25, -0.2) is 4.39 Å². The van der Waals surface area contributed by atoms with E-state index in [0.717, 1.165) is 24.3 Å². The van der Waals surface area contributed by atoms with Crippen LogP contribution < -0.4 is 0 Å². The van der Waals surface area contributed by atoms with Gasteiger partial charge in [-0.1, -0.05) is 37.8 Å². The molecule has 2 rings (SSSR count). The fourth-order valence-corrected chi connectivity index (χ4v) is 2.77. The molecule has 0 radical (unpaired) electrons. The monoisotopic (exact) mass is 236 g/mol. The fraction of sp³-hybridized carbons (Fsp3) is 0.600. The molecule has 1 nitrogen and oxygen atoms in total. The quantitative estimate of drug-likeness (QED) is 0.826. The zero-order valence-electron chi connectivity index (χ0n) is 10.2. The summed E-state index contributed by atoms with van der Waals surface area (Å²) in [5, 5.41) is 9.93. The third kappa shape index (κ3) is 4.12. The fourth-order valence-electron chi connectivity index (χ4n) is 2.77. The van der Waals surface area contributed by atoms with Crippen molar-refractivity contribution in [3.05, 3.63) is 35.6 Å². The van der Waals surface area contributed by atoms with Crippen LogP contribution in [0.2, 0.25) is 0 Å². The highest BCUT2D eigenvalue weighted by Gasteiger charge is 2.16. The first-order valence-corrected chi connectivity index (χ1v) is 6.66. The van der Waals surface area contributed by atoms with E-state index in [0.29, 0.717) is 6.42 Å². The second kappa shape index (κ2) is 6.15. The van der Waals surface area contributed by atoms with Crippen LogP contribution >= 0.6 is 0 Å². The minimum Gasteiger partial charge on any atom is -0.393 e. The van der Waals surface area contributed by atoms with E-state index in [4.69, 9.17) is 0 Å². The Bertz CT molecular complexity index is 345. The van der Waals surface area contributed by atoms with E-state index in [-0.39, 0.29) is 11.9 Å². The Balaban J connectivity index is 1.74. The number of hydrogen-bond donors (Lipinski definition) is 1. The Labute approximate surface area is 103 Å². The SMILES string of the molecule is OC(CCC1CCCC1)Cc1cccc(F)c1. The van der Waals surface area contributed by atoms with Crippen LogP contribution in [0.4, 0.5) is 4.39 Å². The number of rotatable bonds is 5. The van der Waals surface area contributed by atoms with Gasteiger partial charge in [-0.2, -0.15) is 0 Å². The maximum atomic E-state index is 13.0. The standard InChI is InChI=1S/C15H21FO/c16-14-7-3-6-13(10-14)11-15(17)9-8-12-4-1-2-5-12/h3,6-7,10,12,15,17H,1-2,4-5,8-9,11H2. The van der Waals surface area contributed by atoms with Crippen molar-refractivity contribution >= 4 is 0 Å². The van der Waals surface area contributed by atoms with Gasteiger partial charge in [0, 0.05) is 0 Å². The number of aliphatic hydroxyl groups excluding tert-OH is 1. The van der Waals surface area contributed by atoms with Gasteiger partial charge in [-0.15, -0.1) is 0 Å². The molecule has 1 unspecified atom stereocenters. The third-order valence-corrected chi connectivity index (χ3v) is 3.74. The van der Waals surface area contributed by atoms with Gasteiger partial charge in [0.2, 0.25) is 0 Å². The predicted octanol–water partition coefficient (Wildman–Crippen LogP) is 3.70. The first-order chi connectivity index (χ1) is 8.24. The summed E-state index contributed by atoms with van der Waals surface area (Å²) >= 11 is 0. The van der Waals surface area contributed by atoms with E-state index >= 15 is 0 Å². The highest BCUT2D eigenvalue weighted by atomic mass is 19.1. The molecule has 1 aromatic rings. The van der Waals surface area contributed by atoms with E-state index in [1.807, 2.05) is 6.07 Å². The first kappa shape index (κ1) is 12.6. The molecular weight excluding hydrogens is 215 g/mol. The van der Waals surface area contributed by atoms with Crippen LogP contribution in [0, 0.1) is 11.7 Å². The molecule has 0 amide bonds. The lowest BCUT2D eigenvalue weighted by atomic mass is 9.97. The van der Waals surface area contributed by atoms with Gasteiger partial charge in [0.25, 0.3) is 0 Å². The highest BCUT2D eigenvalue weighted by Crippen LogP contribution is 2.29. The summed E-state index contributed by atoms with van der Waals surface area (Å²) in [5.74, 6) is 0.600. The van der Waals surface area contributed by atoms with Crippen LogP contribution in [0.3, 0.4) is 0 Å². The van der Waals surface area contributed by atoms with E-state index < -0.39 is 0 Å². The van der Waals surface area contributed by atoms with Gasteiger partial charge in [-0.3, -0.25) is 0 Å². The van der Waals surface area contributed by atoms with E-state index in [1.54, 1.807) is 6.07 Å². The predicted molar refractivity (Wildman–Crippen MR) is 67.3 cm³/mol. The maximum Gasteiger partial charge on any atom is 0.123 e. The minimum atomic E-state index is -0.322. The smallest absolute Gasteiger partial charge is 0.123 e. The Kier molecular flexibility index (Phi) is 4.55. The average molecular weight is 236 g/mol. The van der Waals surface area contributed by atoms with Crippen molar-refractivity contribution < 1.29 is 9.50 Å². The molecule has 0 aromatic heterocycles. The van der Waals surface area contributed by atoms with Gasteiger partial charge in [0.05, 0.1) is 6.10 Å². The molecule has 0 saturated heterocycles. The topological polar surface area (TPSA) is 20.2 Å². The molecule has 94 valence electrons. The lowest BCUT2D eigenvalue weighted by Gasteiger charge is -2.13. The molecule has 1 aliphatic rings. The van der Waals surface area contributed by atoms with Crippen molar-refractivity contribution in [2.45, 2.75) is 51.0 Å². The zero-order valence-corrected chi connectivity index (χ0v) is 10.2. The Morgan fingerprint density at radius 1 is 1.29 bits per heavy atom. The molecule has 1 aliphatic carbocycles. The van der Waals surface area contributed by atoms with Gasteiger partial charge in [-0.05, 0) is 42.9 Å². The minimum absolute atomic E-state index is 0.217. The molecule has 0 aliphatic heterocycles. The highest BCUT2D eigenvalue weighted by molar-refractivity contribution is 5.16. The summed E-state index contributed by atoms with van der Waals surface area (Å²) < 4.78 is 13.0. The van der Waals surface area contributed by atoms with Crippen LogP contribution in [-0.2, 0) is 6.42 Å². The summed E-state index contributed by atoms with van der Waals surface area (Å²) in [5.41, 5.74) is 0.893. The molecular formula is C15H21FO. The van der Waals surface area contributed by atoms with Crippen LogP contribution in [0.5, 0.6) is 0 Å². The second-order valence-corrected chi connectivity index (χ2v) is 5.22. The Morgan fingerprint density at radius 3 is 2.76 bits per heavy atom. The molecule has 0 spiro atoms. The summed E-state index contributed by atoms with van der Waals surface area (Å²) in [6, 6.07) is 6.53. The molecule has 1 N–H and O–H groups in total. The molecule has 1 fully saturated rings. The van der Waals surface area contributed by atoms with Crippen LogP contribution in [0.15, 0.2) is 24.3 Å². The second-order valence-electron chi connectivity index (χ2n) is 5.22. The largest absolute Gasteiger partial charge is 0.393 e. The van der Waals surface area contributed by atoms with Gasteiger partial charge in [0.15, 0.2) is 0 Å². The number of benzene rings is 1. The molecule has 1 aromatic carbocycles. The van der Waals surface area contributed by atoms with Crippen molar-refractivity contribution in [3.63, 3.8) is 0 Å². The normalized spacial score (nSPS) is 18.5. The van der Waals surface area contributed by atoms with Crippen molar-refractivity contribution in [2.24, 2.45) is 5.92 Å². The van der Waals surface area contributed by atoms with E-state index in [1.165, 1.54) is 37.8 Å². The van der Waals surface area contributed by atoms with Crippen molar-refractivity contribution in [3.8, 4) is 0 Å². The molecule has 17 heavy (non-hydrogen) atoms. The van der Waals surface area contributed by atoms with Gasteiger partial charge >= 0.3 is 0 Å². The molecule has 1 saturated carbocycles. The lowest BCUT2D eigenvalue weighted by molar-refractivity contribution is 0.155. The summed E-state index contributed by atoms with van der Waals surface area (Å²) in [7, 11) is 0. The molecule has 0 heterocycles. The third-order valence-electron chi connectivity index (χ3n) is 3.74. The van der Waals surface area contributed by atoms with Crippen molar-refractivity contribution in [1.29, 1.82) is 0 Å². The number of hydrogen-bond acceptors (Lipinski definition) is 1. The molecule has 2 heteroatoms. The van der Waals surface area contributed by atoms with Crippen LogP contribution in [-0.4, -0.2) is 11.2 Å². The molecule has 1 atom stereocenters. The number of aliphatic hydroxyl groups is 1. The van der Waals surface area contributed by atoms with Crippen molar-refractivity contribution in [1.82, 2.24) is 0 Å². The summed E-state index contributed by atoms with van der Waals surface area (Å²) in [6.45, 7) is 0. The van der Waals surface area contributed by atoms with Gasteiger partial charge in [0.1, 0.15) is 5.82 Å². The lowest BCUT2D eigenvalue weighted by Crippen LogP contribution is -2.12. The van der Waals surface area contributed by atoms with Crippen LogP contribution in [0.1, 0.15) is 44.1 Å². The van der Waals surface area contributed by atoms with E-state index in [9.17, 15) is 9.50 Å². The first-order valence-electron chi connectivity index (χ1n) is 6.66. The summed E-state index contributed by atoms with van der Waals surface area (Å²) in [6.07, 6.45) is 7.58. The van der Waals surface area contributed by atoms with Crippen LogP contribution in [0.25, 0.3) is 0 Å². The Morgan fingerprint density at radius 2 is 2.06 bits per heavy atom. The van der Waals surface area contributed by atoms with E-state index in [2.05, 4.69) is 0 Å². The average Bonchev–Trinajstić information content (AvgIpc) is 2.79. The maximum absolute atomic E-state index is 13.0. The van der Waals surface area contributed by atoms with Crippen molar-refractivity contribution in [2.75, 3.05) is 0 Å². The summed E-state index contributed by atoms with van der Waals surface area (Å²) in [4.78, 5) is 0. The number of halogens is 1.